The summed E-state index contributed by atoms with van der Waals surface area (Å²) < 4.78 is 11.8. The normalized spacial score (nSPS) is 18.7. The first-order chi connectivity index (χ1) is 32.6. The fourth-order valence-corrected chi connectivity index (χ4v) is 10.3. The summed E-state index contributed by atoms with van der Waals surface area (Å²) in [6, 6.07) is 28.1. The van der Waals surface area contributed by atoms with Crippen LogP contribution < -0.4 is 15.5 Å². The van der Waals surface area contributed by atoms with Crippen molar-refractivity contribution in [2.75, 3.05) is 31.6 Å². The van der Waals surface area contributed by atoms with E-state index in [1.165, 1.54) is 16.8 Å². The number of carbonyl (C=O) groups is 6. The van der Waals surface area contributed by atoms with E-state index in [0.717, 1.165) is 97.6 Å². The first-order valence-corrected chi connectivity index (χ1v) is 24.2. The predicted octanol–water partition coefficient (Wildman–Crippen LogP) is 7.48. The molecule has 4 atom stereocenters. The van der Waals surface area contributed by atoms with Crippen LogP contribution in [0.4, 0.5) is 10.5 Å². The quantitative estimate of drug-likeness (QED) is 0.124. The molecule has 4 aromatic carbocycles. The third-order valence-electron chi connectivity index (χ3n) is 13.9. The number of likely N-dealkylation sites (tertiary alicyclic amines) is 1. The maximum atomic E-state index is 15.2. The van der Waals surface area contributed by atoms with Crippen LogP contribution in [0.2, 0.25) is 0 Å². The molecule has 8 rings (SSSR count). The third kappa shape index (κ3) is 11.0. The van der Waals surface area contributed by atoms with Gasteiger partial charge in [-0.1, -0.05) is 116 Å². The molecule has 4 aliphatic rings. The van der Waals surface area contributed by atoms with Gasteiger partial charge in [-0.3, -0.25) is 28.9 Å². The fraction of sp³-hybridized carbons (Fsp3) is 0.444. The molecule has 0 unspecified atom stereocenters. The molecule has 0 aromatic heterocycles. The molecule has 0 bridgehead atoms. The minimum absolute atomic E-state index is 0.0108. The summed E-state index contributed by atoms with van der Waals surface area (Å²) >= 11 is 0. The van der Waals surface area contributed by atoms with Gasteiger partial charge in [-0.05, 0) is 91.3 Å². The fourth-order valence-electron chi connectivity index (χ4n) is 10.3. The number of likely N-dealkylation sites (N-methyl/N-ethyl adjacent to an activating group) is 1. The molecule has 2 aliphatic carbocycles. The lowest BCUT2D eigenvalue weighted by Gasteiger charge is -2.42. The second-order valence-corrected chi connectivity index (χ2v) is 18.5. The molecule has 2 N–H and O–H groups in total. The number of hydrogen-bond donors (Lipinski definition) is 2. The highest BCUT2D eigenvalue weighted by atomic mass is 16.6. The molecule has 1 saturated heterocycles. The van der Waals surface area contributed by atoms with Gasteiger partial charge in [0, 0.05) is 44.6 Å². The number of anilines is 1. The van der Waals surface area contributed by atoms with E-state index in [9.17, 15) is 24.0 Å². The smallest absolute Gasteiger partial charge is 0.407 e. The van der Waals surface area contributed by atoms with E-state index in [0.29, 0.717) is 18.8 Å². The minimum atomic E-state index is -1.44. The highest BCUT2D eigenvalue weighted by Crippen LogP contribution is 2.44. The van der Waals surface area contributed by atoms with Crippen LogP contribution in [0.25, 0.3) is 11.1 Å². The van der Waals surface area contributed by atoms with Crippen molar-refractivity contribution in [3.63, 3.8) is 0 Å². The van der Waals surface area contributed by atoms with Crippen LogP contribution in [-0.2, 0) is 46.3 Å². The number of carbonyl (C=O) groups excluding carboxylic acids is 6. The standard InChI is InChI=1S/C54H63N5O8/c1-36(51(62)58-30-18-7-19-31-58)55-50(61)47(32-37-20-8-6-9-21-37)59-46-29-17-12-22-38(46)33-48(53(59)64)57(2)52(63)45(34-49(60)67-39-23-10-4-3-5-11-24-39)56-54(65)66-35-44-42-27-15-13-25-40(42)41-26-14-16-28-43(41)44/h6,8-9,12-17,20-22,25-29,36,39,44-45,47-48H,3-5,7,10-11,18-19,23-24,30-35H2,1-2H3,(H,55,61)(H,56,65)/t36-,45-,47-,48-/m0/s1. The number of benzene rings is 4. The van der Waals surface area contributed by atoms with Crippen molar-refractivity contribution >= 4 is 41.4 Å². The van der Waals surface area contributed by atoms with E-state index < -0.39 is 60.4 Å². The number of fused-ring (bicyclic) bond motifs is 4. The Labute approximate surface area is 393 Å². The Balaban J connectivity index is 1.04. The number of amides is 5. The Morgan fingerprint density at radius 2 is 1.33 bits per heavy atom. The summed E-state index contributed by atoms with van der Waals surface area (Å²) in [6.07, 6.45) is 7.99. The molecule has 352 valence electrons. The number of esters is 1. The summed E-state index contributed by atoms with van der Waals surface area (Å²) in [5.74, 6) is -2.76. The first-order valence-electron chi connectivity index (χ1n) is 24.2. The molecule has 2 heterocycles. The maximum Gasteiger partial charge on any atom is 0.407 e. The molecule has 13 heteroatoms. The van der Waals surface area contributed by atoms with Crippen molar-refractivity contribution < 1.29 is 38.2 Å². The van der Waals surface area contributed by atoms with Crippen molar-refractivity contribution in [1.82, 2.24) is 20.4 Å². The Hall–Kier alpha value is -6.50. The van der Waals surface area contributed by atoms with Crippen LogP contribution in [0.1, 0.15) is 106 Å². The molecular formula is C54H63N5O8. The lowest BCUT2D eigenvalue weighted by molar-refractivity contribution is -0.153. The van der Waals surface area contributed by atoms with Crippen molar-refractivity contribution in [2.24, 2.45) is 0 Å². The lowest BCUT2D eigenvalue weighted by atomic mass is 9.92. The highest BCUT2D eigenvalue weighted by molar-refractivity contribution is 6.07. The molecule has 2 fully saturated rings. The number of nitrogens with zero attached hydrogens (tertiary/aromatic N) is 3. The molecule has 67 heavy (non-hydrogen) atoms. The van der Waals surface area contributed by atoms with E-state index in [-0.39, 0.29) is 37.4 Å². The van der Waals surface area contributed by atoms with Crippen LogP contribution in [0.15, 0.2) is 103 Å². The zero-order valence-corrected chi connectivity index (χ0v) is 38.7. The third-order valence-corrected chi connectivity index (χ3v) is 13.9. The van der Waals surface area contributed by atoms with Crippen LogP contribution in [0.3, 0.4) is 0 Å². The summed E-state index contributed by atoms with van der Waals surface area (Å²) in [4.78, 5) is 90.3. The predicted molar refractivity (Wildman–Crippen MR) is 255 cm³/mol. The van der Waals surface area contributed by atoms with Crippen LogP contribution in [-0.4, -0.2) is 103 Å². The Morgan fingerprint density at radius 1 is 0.731 bits per heavy atom. The number of piperidine rings is 1. The van der Waals surface area contributed by atoms with Crippen molar-refractivity contribution in [3.8, 4) is 11.1 Å². The molecular weight excluding hydrogens is 847 g/mol. The van der Waals surface area contributed by atoms with E-state index in [1.807, 2.05) is 91.0 Å². The van der Waals surface area contributed by atoms with Crippen molar-refractivity contribution in [3.05, 3.63) is 125 Å². The van der Waals surface area contributed by atoms with Gasteiger partial charge in [0.05, 0.1) is 6.42 Å². The van der Waals surface area contributed by atoms with Crippen LogP contribution in [0.5, 0.6) is 0 Å². The molecule has 4 aromatic rings. The molecule has 2 aliphatic heterocycles. The van der Waals surface area contributed by atoms with Gasteiger partial charge in [0.1, 0.15) is 36.9 Å². The maximum absolute atomic E-state index is 15.2. The van der Waals surface area contributed by atoms with Crippen LogP contribution in [0, 0.1) is 0 Å². The Kier molecular flexibility index (Phi) is 15.3. The van der Waals surface area contributed by atoms with Crippen molar-refractivity contribution in [1.29, 1.82) is 0 Å². The number of ether oxygens (including phenoxy) is 2. The number of hydrogen-bond acceptors (Lipinski definition) is 8. The van der Waals surface area contributed by atoms with Crippen LogP contribution >= 0.6 is 0 Å². The molecule has 13 nitrogen and oxygen atoms in total. The molecule has 5 amide bonds. The van der Waals surface area contributed by atoms with Gasteiger partial charge in [-0.25, -0.2) is 4.79 Å². The van der Waals surface area contributed by atoms with E-state index in [4.69, 9.17) is 9.47 Å². The van der Waals surface area contributed by atoms with Crippen molar-refractivity contribution in [2.45, 2.75) is 127 Å². The highest BCUT2D eigenvalue weighted by Gasteiger charge is 2.44. The first kappa shape index (κ1) is 47.0. The van der Waals surface area contributed by atoms with Gasteiger partial charge in [0.2, 0.25) is 17.7 Å². The second kappa shape index (κ2) is 21.9. The monoisotopic (exact) mass is 909 g/mol. The van der Waals surface area contributed by atoms with Gasteiger partial charge in [0.15, 0.2) is 0 Å². The zero-order valence-electron chi connectivity index (χ0n) is 38.7. The molecule has 0 radical (unpaired) electrons. The Bertz CT molecular complexity index is 2370. The van der Waals surface area contributed by atoms with Gasteiger partial charge in [0.25, 0.3) is 5.91 Å². The topological polar surface area (TPSA) is 155 Å². The van der Waals surface area contributed by atoms with E-state index in [1.54, 1.807) is 24.0 Å². The summed E-state index contributed by atoms with van der Waals surface area (Å²) in [5.41, 5.74) is 6.21. The van der Waals surface area contributed by atoms with E-state index >= 15 is 4.79 Å². The lowest BCUT2D eigenvalue weighted by Crippen LogP contribution is -2.62. The largest absolute Gasteiger partial charge is 0.462 e. The average molecular weight is 910 g/mol. The zero-order chi connectivity index (χ0) is 46.9. The number of alkyl carbamates (subject to hydrolysis) is 1. The molecule has 1 saturated carbocycles. The van der Waals surface area contributed by atoms with Gasteiger partial charge >= 0.3 is 12.1 Å². The van der Waals surface area contributed by atoms with E-state index in [2.05, 4.69) is 10.6 Å². The number of rotatable bonds is 14. The molecule has 0 spiro atoms. The second-order valence-electron chi connectivity index (χ2n) is 18.5. The summed E-state index contributed by atoms with van der Waals surface area (Å²) in [7, 11) is 1.48. The van der Waals surface area contributed by atoms with Gasteiger partial charge < -0.3 is 29.9 Å². The summed E-state index contributed by atoms with van der Waals surface area (Å²) in [5, 5.41) is 5.64. The van der Waals surface area contributed by atoms with Gasteiger partial charge in [-0.15, -0.1) is 0 Å². The SMILES string of the molecule is C[C@H](NC(=O)[C@H](Cc1ccccc1)N1C(=O)[C@@H](N(C)C(=O)[C@H](CC(=O)OC2CCCCCCC2)NC(=O)OCC2c3ccccc3-c3ccccc32)Cc2ccccc21)C(=O)N1CCCCC1. The number of para-hydroxylation sites is 1. The average Bonchev–Trinajstić information content (AvgIpc) is 3.66. The number of nitrogens with one attached hydrogen (secondary N) is 2. The Morgan fingerprint density at radius 3 is 2.01 bits per heavy atom. The van der Waals surface area contributed by atoms with Gasteiger partial charge in [-0.2, -0.15) is 0 Å². The minimum Gasteiger partial charge on any atom is -0.462 e. The summed E-state index contributed by atoms with van der Waals surface area (Å²) in [6.45, 7) is 2.91.